The van der Waals surface area contributed by atoms with Crippen LogP contribution in [0.3, 0.4) is 0 Å². The van der Waals surface area contributed by atoms with Crippen molar-refractivity contribution in [1.82, 2.24) is 0 Å². The molecule has 12 heavy (non-hydrogen) atoms. The SMILES string of the molecule is C=CCC(=O)C(C)OC(=O)C=C. The van der Waals surface area contributed by atoms with Crippen molar-refractivity contribution in [1.29, 1.82) is 0 Å². The molecule has 0 aliphatic rings. The van der Waals surface area contributed by atoms with Crippen LogP contribution in [0.2, 0.25) is 0 Å². The van der Waals surface area contributed by atoms with Crippen molar-refractivity contribution in [3.8, 4) is 0 Å². The minimum Gasteiger partial charge on any atom is -0.452 e. The van der Waals surface area contributed by atoms with Crippen LogP contribution in [0.5, 0.6) is 0 Å². The molecule has 0 aromatic heterocycles. The zero-order valence-corrected chi connectivity index (χ0v) is 7.08. The number of hydrogen-bond acceptors (Lipinski definition) is 3. The molecule has 0 aliphatic heterocycles. The van der Waals surface area contributed by atoms with Crippen LogP contribution in [0.15, 0.2) is 25.3 Å². The van der Waals surface area contributed by atoms with Crippen LogP contribution in [-0.4, -0.2) is 17.9 Å². The van der Waals surface area contributed by atoms with E-state index in [4.69, 9.17) is 0 Å². The molecule has 0 amide bonds. The normalized spacial score (nSPS) is 11.4. The number of hydrogen-bond donors (Lipinski definition) is 0. The van der Waals surface area contributed by atoms with Crippen LogP contribution < -0.4 is 0 Å². The van der Waals surface area contributed by atoms with Gasteiger partial charge in [-0.1, -0.05) is 12.7 Å². The number of Topliss-reactive ketones (excluding diaryl/α,β-unsaturated/α-hetero) is 1. The summed E-state index contributed by atoms with van der Waals surface area (Å²) in [4.78, 5) is 21.6. The summed E-state index contributed by atoms with van der Waals surface area (Å²) in [6.45, 7) is 8.13. The highest BCUT2D eigenvalue weighted by Crippen LogP contribution is 1.98. The van der Waals surface area contributed by atoms with Crippen LogP contribution in [0.4, 0.5) is 0 Å². The van der Waals surface area contributed by atoms with Gasteiger partial charge in [0, 0.05) is 12.5 Å². The van der Waals surface area contributed by atoms with Gasteiger partial charge in [0.1, 0.15) is 0 Å². The van der Waals surface area contributed by atoms with Crippen LogP contribution in [-0.2, 0) is 14.3 Å². The van der Waals surface area contributed by atoms with Gasteiger partial charge in [0.15, 0.2) is 11.9 Å². The Kier molecular flexibility index (Phi) is 4.69. The molecular weight excluding hydrogens is 156 g/mol. The smallest absolute Gasteiger partial charge is 0.330 e. The van der Waals surface area contributed by atoms with E-state index in [1.165, 1.54) is 13.0 Å². The Labute approximate surface area is 71.7 Å². The maximum Gasteiger partial charge on any atom is 0.330 e. The Morgan fingerprint density at radius 3 is 2.50 bits per heavy atom. The molecule has 0 saturated heterocycles. The molecule has 0 heterocycles. The highest BCUT2D eigenvalue weighted by Gasteiger charge is 2.13. The Hall–Kier alpha value is -1.38. The number of ether oxygens (including phenoxy) is 1. The molecule has 0 rings (SSSR count). The van der Waals surface area contributed by atoms with Gasteiger partial charge in [-0.05, 0) is 6.92 Å². The van der Waals surface area contributed by atoms with Gasteiger partial charge in [-0.3, -0.25) is 4.79 Å². The van der Waals surface area contributed by atoms with Crippen molar-refractivity contribution in [3.63, 3.8) is 0 Å². The molecular formula is C9H12O3. The molecule has 0 aromatic rings. The molecule has 0 N–H and O–H groups in total. The zero-order valence-electron chi connectivity index (χ0n) is 7.08. The lowest BCUT2D eigenvalue weighted by molar-refractivity contribution is -0.149. The summed E-state index contributed by atoms with van der Waals surface area (Å²) in [5, 5.41) is 0. The number of carbonyl (C=O) groups is 2. The van der Waals surface area contributed by atoms with Crippen LogP contribution in [0.25, 0.3) is 0 Å². The third kappa shape index (κ3) is 3.71. The minimum atomic E-state index is -0.714. The van der Waals surface area contributed by atoms with E-state index in [2.05, 4.69) is 17.9 Å². The van der Waals surface area contributed by atoms with Gasteiger partial charge in [-0.15, -0.1) is 6.58 Å². The maximum absolute atomic E-state index is 11.0. The fourth-order valence-corrected chi connectivity index (χ4v) is 0.596. The maximum atomic E-state index is 11.0. The van der Waals surface area contributed by atoms with Gasteiger partial charge in [-0.2, -0.15) is 0 Å². The monoisotopic (exact) mass is 168 g/mol. The van der Waals surface area contributed by atoms with E-state index in [0.29, 0.717) is 0 Å². The summed E-state index contributed by atoms with van der Waals surface area (Å²) in [7, 11) is 0. The molecule has 0 aliphatic carbocycles. The molecule has 0 saturated carbocycles. The fourth-order valence-electron chi connectivity index (χ4n) is 0.596. The van der Waals surface area contributed by atoms with Crippen molar-refractivity contribution in [3.05, 3.63) is 25.3 Å². The fraction of sp³-hybridized carbons (Fsp3) is 0.333. The number of rotatable bonds is 5. The van der Waals surface area contributed by atoms with Gasteiger partial charge in [0.05, 0.1) is 0 Å². The largest absolute Gasteiger partial charge is 0.452 e. The summed E-state index contributed by atoms with van der Waals surface area (Å²) < 4.78 is 4.66. The molecule has 0 aromatic carbocycles. The van der Waals surface area contributed by atoms with Crippen molar-refractivity contribution >= 4 is 11.8 Å². The van der Waals surface area contributed by atoms with E-state index >= 15 is 0 Å². The highest BCUT2D eigenvalue weighted by molar-refractivity contribution is 5.88. The van der Waals surface area contributed by atoms with Crippen molar-refractivity contribution in [2.45, 2.75) is 19.4 Å². The first-order valence-electron chi connectivity index (χ1n) is 3.58. The van der Waals surface area contributed by atoms with Crippen LogP contribution >= 0.6 is 0 Å². The summed E-state index contributed by atoms with van der Waals surface area (Å²) in [6.07, 6.45) is 2.00. The van der Waals surface area contributed by atoms with Crippen LogP contribution in [0, 0.1) is 0 Å². The molecule has 1 atom stereocenters. The molecule has 0 spiro atoms. The Morgan fingerprint density at radius 1 is 1.50 bits per heavy atom. The second kappa shape index (κ2) is 5.29. The van der Waals surface area contributed by atoms with E-state index in [9.17, 15) is 9.59 Å². The van der Waals surface area contributed by atoms with Gasteiger partial charge in [0.25, 0.3) is 0 Å². The number of esters is 1. The number of carbonyl (C=O) groups excluding carboxylic acids is 2. The van der Waals surface area contributed by atoms with Gasteiger partial charge in [-0.25, -0.2) is 4.79 Å². The third-order valence-corrected chi connectivity index (χ3v) is 1.26. The minimum absolute atomic E-state index is 0.166. The summed E-state index contributed by atoms with van der Waals surface area (Å²) in [6, 6.07) is 0. The molecule has 1 unspecified atom stereocenters. The standard InChI is InChI=1S/C9H12O3/c1-4-6-8(10)7(3)12-9(11)5-2/h4-5,7H,1-2,6H2,3H3. The molecule has 3 nitrogen and oxygen atoms in total. The average Bonchev–Trinajstić information content (AvgIpc) is 2.04. The Bertz CT molecular complexity index is 206. The molecule has 0 bridgehead atoms. The summed E-state index contributed by atoms with van der Waals surface area (Å²) >= 11 is 0. The topological polar surface area (TPSA) is 43.4 Å². The Morgan fingerprint density at radius 2 is 2.08 bits per heavy atom. The van der Waals surface area contributed by atoms with Crippen molar-refractivity contribution in [2.24, 2.45) is 0 Å². The van der Waals surface area contributed by atoms with Gasteiger partial charge < -0.3 is 4.74 Å². The first-order chi connectivity index (χ1) is 5.61. The lowest BCUT2D eigenvalue weighted by Crippen LogP contribution is -2.22. The van der Waals surface area contributed by atoms with E-state index in [-0.39, 0.29) is 12.2 Å². The van der Waals surface area contributed by atoms with Gasteiger partial charge in [0.2, 0.25) is 0 Å². The van der Waals surface area contributed by atoms with E-state index in [0.717, 1.165) is 6.08 Å². The summed E-state index contributed by atoms with van der Waals surface area (Å²) in [5.74, 6) is -0.750. The van der Waals surface area contributed by atoms with Crippen LogP contribution in [0.1, 0.15) is 13.3 Å². The lowest BCUT2D eigenvalue weighted by Gasteiger charge is -2.08. The first-order valence-corrected chi connectivity index (χ1v) is 3.58. The third-order valence-electron chi connectivity index (χ3n) is 1.26. The molecule has 0 fully saturated rings. The highest BCUT2D eigenvalue weighted by atomic mass is 16.5. The quantitative estimate of drug-likeness (QED) is 0.352. The van der Waals surface area contributed by atoms with E-state index in [1.54, 1.807) is 0 Å². The number of allylic oxidation sites excluding steroid dienone is 1. The summed E-state index contributed by atoms with van der Waals surface area (Å²) in [5.41, 5.74) is 0. The number of ketones is 1. The average molecular weight is 168 g/mol. The van der Waals surface area contributed by atoms with Crippen molar-refractivity contribution < 1.29 is 14.3 Å². The molecule has 0 radical (unpaired) electrons. The second-order valence-corrected chi connectivity index (χ2v) is 2.24. The molecule has 66 valence electrons. The zero-order chi connectivity index (χ0) is 9.56. The van der Waals surface area contributed by atoms with E-state index < -0.39 is 12.1 Å². The Balaban J connectivity index is 3.93. The van der Waals surface area contributed by atoms with Gasteiger partial charge >= 0.3 is 5.97 Å². The molecule has 3 heteroatoms. The first kappa shape index (κ1) is 10.6. The lowest BCUT2D eigenvalue weighted by atomic mass is 10.2. The second-order valence-electron chi connectivity index (χ2n) is 2.24. The van der Waals surface area contributed by atoms with E-state index in [1.807, 2.05) is 0 Å². The predicted molar refractivity (Wildman–Crippen MR) is 45.6 cm³/mol. The predicted octanol–water partition coefficient (Wildman–Crippen LogP) is 1.25. The van der Waals surface area contributed by atoms with Crippen molar-refractivity contribution in [2.75, 3.05) is 0 Å².